The largest absolute Gasteiger partial charge is 0.492 e. The Labute approximate surface area is 109 Å². The van der Waals surface area contributed by atoms with Crippen molar-refractivity contribution in [2.75, 3.05) is 32.1 Å². The van der Waals surface area contributed by atoms with E-state index in [1.807, 2.05) is 12.1 Å². The van der Waals surface area contributed by atoms with Gasteiger partial charge < -0.3 is 15.0 Å². The van der Waals surface area contributed by atoms with Crippen LogP contribution in [0.4, 0.5) is 5.82 Å². The molecule has 1 saturated heterocycles. The molecule has 0 bridgehead atoms. The number of ether oxygens (including phenoxy) is 1. The van der Waals surface area contributed by atoms with E-state index < -0.39 is 0 Å². The Bertz CT molecular complexity index is 370. The number of hydrogen-bond donors (Lipinski definition) is 1. The first kappa shape index (κ1) is 13.1. The first-order valence-corrected chi connectivity index (χ1v) is 6.82. The quantitative estimate of drug-likeness (QED) is 0.869. The van der Waals surface area contributed by atoms with Gasteiger partial charge in [-0.25, -0.2) is 4.98 Å². The Kier molecular flexibility index (Phi) is 4.81. The van der Waals surface area contributed by atoms with Crippen LogP contribution in [0, 0.1) is 0 Å². The number of nitrogens with one attached hydrogen (secondary N) is 1. The fourth-order valence-electron chi connectivity index (χ4n) is 2.33. The summed E-state index contributed by atoms with van der Waals surface area (Å²) in [6.45, 7) is 4.90. The standard InChI is InChI=1S/C14H23N3O/c1-3-15-14-10-13(7-8-16-14)18-11-12-6-4-5-9-17(12)2/h7-8,10,12H,3-6,9,11H2,1-2H3,(H,15,16). The molecule has 1 N–H and O–H groups in total. The predicted octanol–water partition coefficient (Wildman–Crippen LogP) is 2.38. The SMILES string of the molecule is CCNc1cc(OCC2CCCCN2C)ccn1. The topological polar surface area (TPSA) is 37.4 Å². The minimum absolute atomic E-state index is 0.550. The third kappa shape index (κ3) is 3.60. The lowest BCUT2D eigenvalue weighted by molar-refractivity contribution is 0.125. The number of piperidine rings is 1. The zero-order valence-electron chi connectivity index (χ0n) is 11.4. The van der Waals surface area contributed by atoms with Crippen LogP contribution in [0.3, 0.4) is 0 Å². The molecule has 0 spiro atoms. The van der Waals surface area contributed by atoms with E-state index in [2.05, 4.69) is 29.2 Å². The van der Waals surface area contributed by atoms with Crippen LogP contribution in [-0.2, 0) is 0 Å². The van der Waals surface area contributed by atoms with Crippen molar-refractivity contribution in [3.8, 4) is 5.75 Å². The fraction of sp³-hybridized carbons (Fsp3) is 0.643. The molecule has 18 heavy (non-hydrogen) atoms. The molecule has 0 aliphatic carbocycles. The zero-order chi connectivity index (χ0) is 12.8. The van der Waals surface area contributed by atoms with Crippen LogP contribution in [0.15, 0.2) is 18.3 Å². The first-order valence-electron chi connectivity index (χ1n) is 6.82. The van der Waals surface area contributed by atoms with Crippen molar-refractivity contribution >= 4 is 5.82 Å². The normalized spacial score (nSPS) is 20.7. The number of nitrogens with zero attached hydrogens (tertiary/aromatic N) is 2. The van der Waals surface area contributed by atoms with E-state index in [-0.39, 0.29) is 0 Å². The molecule has 2 heterocycles. The number of anilines is 1. The van der Waals surface area contributed by atoms with E-state index in [0.29, 0.717) is 6.04 Å². The molecule has 1 atom stereocenters. The van der Waals surface area contributed by atoms with Crippen molar-refractivity contribution in [1.82, 2.24) is 9.88 Å². The maximum Gasteiger partial charge on any atom is 0.129 e. The summed E-state index contributed by atoms with van der Waals surface area (Å²) in [5, 5.41) is 3.19. The maximum absolute atomic E-state index is 5.88. The van der Waals surface area contributed by atoms with Crippen LogP contribution in [0.5, 0.6) is 5.75 Å². The highest BCUT2D eigenvalue weighted by Gasteiger charge is 2.19. The smallest absolute Gasteiger partial charge is 0.129 e. The molecule has 1 unspecified atom stereocenters. The van der Waals surface area contributed by atoms with E-state index in [4.69, 9.17) is 4.74 Å². The summed E-state index contributed by atoms with van der Waals surface area (Å²) in [4.78, 5) is 6.64. The fourth-order valence-corrected chi connectivity index (χ4v) is 2.33. The minimum Gasteiger partial charge on any atom is -0.492 e. The zero-order valence-corrected chi connectivity index (χ0v) is 11.4. The highest BCUT2D eigenvalue weighted by molar-refractivity contribution is 5.40. The van der Waals surface area contributed by atoms with Gasteiger partial charge in [0.25, 0.3) is 0 Å². The highest BCUT2D eigenvalue weighted by atomic mass is 16.5. The molecule has 1 aromatic heterocycles. The van der Waals surface area contributed by atoms with Gasteiger partial charge in [0.05, 0.1) is 0 Å². The Morgan fingerprint density at radius 2 is 2.39 bits per heavy atom. The lowest BCUT2D eigenvalue weighted by Gasteiger charge is -2.32. The Hall–Kier alpha value is -1.29. The van der Waals surface area contributed by atoms with Gasteiger partial charge in [0.15, 0.2) is 0 Å². The Morgan fingerprint density at radius 1 is 1.50 bits per heavy atom. The molecule has 1 fully saturated rings. The lowest BCUT2D eigenvalue weighted by atomic mass is 10.0. The summed E-state index contributed by atoms with van der Waals surface area (Å²) in [6, 6.07) is 4.44. The van der Waals surface area contributed by atoms with Gasteiger partial charge in [-0.15, -0.1) is 0 Å². The second kappa shape index (κ2) is 6.59. The van der Waals surface area contributed by atoms with E-state index in [1.165, 1.54) is 25.8 Å². The number of rotatable bonds is 5. The molecule has 4 heteroatoms. The summed E-state index contributed by atoms with van der Waals surface area (Å²) >= 11 is 0. The van der Waals surface area contributed by atoms with Gasteiger partial charge in [-0.2, -0.15) is 0 Å². The van der Waals surface area contributed by atoms with Gasteiger partial charge in [-0.3, -0.25) is 0 Å². The molecular weight excluding hydrogens is 226 g/mol. The third-order valence-corrected chi connectivity index (χ3v) is 3.45. The summed E-state index contributed by atoms with van der Waals surface area (Å²) in [5.41, 5.74) is 0. The summed E-state index contributed by atoms with van der Waals surface area (Å²) < 4.78 is 5.88. The van der Waals surface area contributed by atoms with Crippen molar-refractivity contribution in [2.45, 2.75) is 32.2 Å². The summed E-state index contributed by atoms with van der Waals surface area (Å²) in [5.74, 6) is 1.78. The van der Waals surface area contributed by atoms with Crippen molar-refractivity contribution in [3.63, 3.8) is 0 Å². The van der Waals surface area contributed by atoms with Crippen LogP contribution in [0.25, 0.3) is 0 Å². The highest BCUT2D eigenvalue weighted by Crippen LogP contribution is 2.18. The van der Waals surface area contributed by atoms with Crippen molar-refractivity contribution in [1.29, 1.82) is 0 Å². The van der Waals surface area contributed by atoms with Gasteiger partial charge in [0.2, 0.25) is 0 Å². The molecule has 1 aromatic rings. The van der Waals surface area contributed by atoms with Crippen molar-refractivity contribution < 1.29 is 4.74 Å². The van der Waals surface area contributed by atoms with Crippen LogP contribution >= 0.6 is 0 Å². The lowest BCUT2D eigenvalue weighted by Crippen LogP contribution is -2.40. The van der Waals surface area contributed by atoms with Crippen molar-refractivity contribution in [2.24, 2.45) is 0 Å². The Balaban J connectivity index is 1.87. The van der Waals surface area contributed by atoms with Crippen LogP contribution in [0.1, 0.15) is 26.2 Å². The molecule has 100 valence electrons. The number of likely N-dealkylation sites (tertiary alicyclic amines) is 1. The predicted molar refractivity (Wildman–Crippen MR) is 74.2 cm³/mol. The molecule has 0 saturated carbocycles. The summed E-state index contributed by atoms with van der Waals surface area (Å²) in [6.07, 6.45) is 5.66. The van der Waals surface area contributed by atoms with Gasteiger partial charge in [0, 0.05) is 24.8 Å². The number of likely N-dealkylation sites (N-methyl/N-ethyl adjacent to an activating group) is 1. The van der Waals surface area contributed by atoms with Gasteiger partial charge in [-0.05, 0) is 39.4 Å². The Morgan fingerprint density at radius 3 is 3.17 bits per heavy atom. The molecule has 1 aliphatic heterocycles. The van der Waals surface area contributed by atoms with Crippen molar-refractivity contribution in [3.05, 3.63) is 18.3 Å². The molecule has 0 aromatic carbocycles. The molecule has 0 amide bonds. The average molecular weight is 249 g/mol. The van der Waals surface area contributed by atoms with E-state index >= 15 is 0 Å². The van der Waals surface area contributed by atoms with E-state index in [0.717, 1.165) is 24.7 Å². The maximum atomic E-state index is 5.88. The van der Waals surface area contributed by atoms with Gasteiger partial charge >= 0.3 is 0 Å². The second-order valence-corrected chi connectivity index (χ2v) is 4.85. The number of pyridine rings is 1. The first-order chi connectivity index (χ1) is 8.79. The molecule has 4 nitrogen and oxygen atoms in total. The third-order valence-electron chi connectivity index (χ3n) is 3.45. The number of aromatic nitrogens is 1. The van der Waals surface area contributed by atoms with Gasteiger partial charge in [0.1, 0.15) is 18.2 Å². The van der Waals surface area contributed by atoms with E-state index in [9.17, 15) is 0 Å². The molecular formula is C14H23N3O. The molecule has 2 rings (SSSR count). The molecule has 0 radical (unpaired) electrons. The summed E-state index contributed by atoms with van der Waals surface area (Å²) in [7, 11) is 2.18. The van der Waals surface area contributed by atoms with Crippen LogP contribution in [0.2, 0.25) is 0 Å². The van der Waals surface area contributed by atoms with Crippen LogP contribution in [-0.4, -0.2) is 42.7 Å². The monoisotopic (exact) mass is 249 g/mol. The number of hydrogen-bond acceptors (Lipinski definition) is 4. The second-order valence-electron chi connectivity index (χ2n) is 4.85. The van der Waals surface area contributed by atoms with Gasteiger partial charge in [-0.1, -0.05) is 6.42 Å². The molecule has 1 aliphatic rings. The van der Waals surface area contributed by atoms with E-state index in [1.54, 1.807) is 6.20 Å². The minimum atomic E-state index is 0.550. The van der Waals surface area contributed by atoms with Crippen LogP contribution < -0.4 is 10.1 Å². The average Bonchev–Trinajstić information content (AvgIpc) is 2.39.